The number of aromatic nitrogens is 1. The predicted molar refractivity (Wildman–Crippen MR) is 125 cm³/mol. The van der Waals surface area contributed by atoms with Gasteiger partial charge in [0.05, 0.1) is 5.69 Å². The maximum atomic E-state index is 13.2. The number of piperazine rings is 1. The molecular formula is C25H32N4O4. The third-order valence-corrected chi connectivity index (χ3v) is 5.14. The lowest BCUT2D eigenvalue weighted by Gasteiger charge is -2.31. The zero-order valence-electron chi connectivity index (χ0n) is 19.5. The summed E-state index contributed by atoms with van der Waals surface area (Å²) in [6, 6.07) is 13.9. The van der Waals surface area contributed by atoms with E-state index in [1.165, 1.54) is 0 Å². The van der Waals surface area contributed by atoms with Crippen LogP contribution in [0.2, 0.25) is 0 Å². The number of carbonyl (C=O) groups is 3. The van der Waals surface area contributed by atoms with E-state index >= 15 is 0 Å². The Morgan fingerprint density at radius 3 is 2.42 bits per heavy atom. The number of esters is 1. The van der Waals surface area contributed by atoms with Crippen molar-refractivity contribution in [3.05, 3.63) is 54.2 Å². The highest BCUT2D eigenvalue weighted by molar-refractivity contribution is 5.96. The van der Waals surface area contributed by atoms with Crippen molar-refractivity contribution in [2.45, 2.75) is 45.3 Å². The van der Waals surface area contributed by atoms with Gasteiger partial charge in [0.25, 0.3) is 5.91 Å². The Bertz CT molecular complexity index is 966. The summed E-state index contributed by atoms with van der Waals surface area (Å²) in [5, 5.41) is 6.01. The average Bonchev–Trinajstić information content (AvgIpc) is 2.81. The summed E-state index contributed by atoms with van der Waals surface area (Å²) in [5.41, 5.74) is 1.17. The Morgan fingerprint density at radius 2 is 1.76 bits per heavy atom. The molecule has 3 rings (SSSR count). The predicted octanol–water partition coefficient (Wildman–Crippen LogP) is 2.40. The zero-order valence-corrected chi connectivity index (χ0v) is 19.5. The van der Waals surface area contributed by atoms with Gasteiger partial charge in [-0.05, 0) is 39.3 Å². The monoisotopic (exact) mass is 452 g/mol. The first-order valence-corrected chi connectivity index (χ1v) is 11.3. The van der Waals surface area contributed by atoms with Crippen molar-refractivity contribution in [3.8, 4) is 11.3 Å². The molecular weight excluding hydrogens is 420 g/mol. The third-order valence-electron chi connectivity index (χ3n) is 5.14. The van der Waals surface area contributed by atoms with E-state index in [0.717, 1.165) is 5.56 Å². The number of hydrogen-bond acceptors (Lipinski definition) is 6. The van der Waals surface area contributed by atoms with Crippen molar-refractivity contribution in [1.82, 2.24) is 20.5 Å². The largest absolute Gasteiger partial charge is 0.460 e. The second kappa shape index (κ2) is 11.0. The quantitative estimate of drug-likeness (QED) is 0.626. The SMILES string of the molecule is CC(C)(C)OC(=O)CC[C@H](NC(=O)c1cccc(-c2ccccc2)n1)C(=O)N1CCNCC1. The topological polar surface area (TPSA) is 101 Å². The summed E-state index contributed by atoms with van der Waals surface area (Å²) in [6.07, 6.45) is 0.180. The summed E-state index contributed by atoms with van der Waals surface area (Å²) in [5.74, 6) is -1.06. The highest BCUT2D eigenvalue weighted by Gasteiger charge is 2.29. The standard InChI is InChI=1S/C25H32N4O4/c1-25(2,3)33-22(30)13-12-21(24(32)29-16-14-26-15-17-29)28-23(31)20-11-7-10-19(27-20)18-8-5-4-6-9-18/h4-11,21,26H,12-17H2,1-3H3,(H,28,31)/t21-/m0/s1. The Hall–Kier alpha value is -3.26. The van der Waals surface area contributed by atoms with E-state index < -0.39 is 23.5 Å². The maximum absolute atomic E-state index is 13.2. The molecule has 0 spiro atoms. The van der Waals surface area contributed by atoms with Crippen LogP contribution in [-0.4, -0.2) is 65.5 Å². The van der Waals surface area contributed by atoms with Gasteiger partial charge >= 0.3 is 5.97 Å². The zero-order chi connectivity index (χ0) is 23.8. The number of amides is 2. The number of carbonyl (C=O) groups excluding carboxylic acids is 3. The van der Waals surface area contributed by atoms with Gasteiger partial charge in [0.15, 0.2) is 0 Å². The van der Waals surface area contributed by atoms with Gasteiger partial charge in [-0.15, -0.1) is 0 Å². The van der Waals surface area contributed by atoms with Crippen LogP contribution in [0.4, 0.5) is 0 Å². The van der Waals surface area contributed by atoms with Gasteiger partial charge in [-0.1, -0.05) is 36.4 Å². The van der Waals surface area contributed by atoms with Crippen molar-refractivity contribution in [2.75, 3.05) is 26.2 Å². The highest BCUT2D eigenvalue weighted by atomic mass is 16.6. The van der Waals surface area contributed by atoms with Crippen LogP contribution < -0.4 is 10.6 Å². The molecule has 0 unspecified atom stereocenters. The van der Waals surface area contributed by atoms with Crippen LogP contribution in [0.25, 0.3) is 11.3 Å². The molecule has 1 aromatic heterocycles. The smallest absolute Gasteiger partial charge is 0.306 e. The third kappa shape index (κ3) is 7.39. The van der Waals surface area contributed by atoms with Crippen LogP contribution in [0.3, 0.4) is 0 Å². The second-order valence-electron chi connectivity index (χ2n) is 9.00. The Morgan fingerprint density at radius 1 is 1.06 bits per heavy atom. The van der Waals surface area contributed by atoms with Gasteiger partial charge in [-0.3, -0.25) is 14.4 Å². The number of ether oxygens (including phenoxy) is 1. The number of pyridine rings is 1. The maximum Gasteiger partial charge on any atom is 0.306 e. The van der Waals surface area contributed by atoms with Gasteiger partial charge in [-0.25, -0.2) is 4.98 Å². The number of nitrogens with one attached hydrogen (secondary N) is 2. The lowest BCUT2D eigenvalue weighted by atomic mass is 10.1. The van der Waals surface area contributed by atoms with Gasteiger partial charge in [0.1, 0.15) is 17.3 Å². The molecule has 1 atom stereocenters. The molecule has 1 saturated heterocycles. The van der Waals surface area contributed by atoms with Gasteiger partial charge in [-0.2, -0.15) is 0 Å². The van der Waals surface area contributed by atoms with E-state index in [2.05, 4.69) is 15.6 Å². The second-order valence-corrected chi connectivity index (χ2v) is 9.00. The summed E-state index contributed by atoms with van der Waals surface area (Å²) < 4.78 is 5.37. The molecule has 2 heterocycles. The highest BCUT2D eigenvalue weighted by Crippen LogP contribution is 2.17. The van der Waals surface area contributed by atoms with E-state index in [4.69, 9.17) is 4.74 Å². The Balaban J connectivity index is 1.73. The molecule has 0 bridgehead atoms. The van der Waals surface area contributed by atoms with Crippen LogP contribution in [0, 0.1) is 0 Å². The molecule has 8 heteroatoms. The number of rotatable bonds is 7. The van der Waals surface area contributed by atoms with Crippen molar-refractivity contribution in [2.24, 2.45) is 0 Å². The van der Waals surface area contributed by atoms with E-state index in [1.807, 2.05) is 36.4 Å². The molecule has 2 N–H and O–H groups in total. The molecule has 33 heavy (non-hydrogen) atoms. The van der Waals surface area contributed by atoms with Crippen LogP contribution in [0.1, 0.15) is 44.1 Å². The minimum atomic E-state index is -0.842. The fourth-order valence-electron chi connectivity index (χ4n) is 3.58. The molecule has 0 saturated carbocycles. The Labute approximate surface area is 194 Å². The average molecular weight is 453 g/mol. The van der Waals surface area contributed by atoms with Crippen LogP contribution in [0.5, 0.6) is 0 Å². The number of benzene rings is 1. The first kappa shape index (κ1) is 24.4. The fraction of sp³-hybridized carbons (Fsp3) is 0.440. The molecule has 0 radical (unpaired) electrons. The molecule has 2 aromatic rings. The van der Waals surface area contributed by atoms with E-state index in [9.17, 15) is 14.4 Å². The van der Waals surface area contributed by atoms with E-state index in [0.29, 0.717) is 31.9 Å². The minimum absolute atomic E-state index is 0.0253. The van der Waals surface area contributed by atoms with Crippen molar-refractivity contribution >= 4 is 17.8 Å². The fourth-order valence-corrected chi connectivity index (χ4v) is 3.58. The molecule has 1 aromatic carbocycles. The molecule has 176 valence electrons. The van der Waals surface area contributed by atoms with Crippen LogP contribution in [-0.2, 0) is 14.3 Å². The summed E-state index contributed by atoms with van der Waals surface area (Å²) in [7, 11) is 0. The summed E-state index contributed by atoms with van der Waals surface area (Å²) >= 11 is 0. The molecule has 8 nitrogen and oxygen atoms in total. The minimum Gasteiger partial charge on any atom is -0.460 e. The number of hydrogen-bond donors (Lipinski definition) is 2. The van der Waals surface area contributed by atoms with Crippen molar-refractivity contribution < 1.29 is 19.1 Å². The molecule has 1 aliphatic rings. The summed E-state index contributed by atoms with van der Waals surface area (Å²) in [6.45, 7) is 7.88. The first-order valence-electron chi connectivity index (χ1n) is 11.3. The number of nitrogens with zero attached hydrogens (tertiary/aromatic N) is 2. The van der Waals surface area contributed by atoms with E-state index in [-0.39, 0.29) is 24.4 Å². The van der Waals surface area contributed by atoms with Gasteiger partial charge in [0.2, 0.25) is 5.91 Å². The molecule has 1 fully saturated rings. The van der Waals surface area contributed by atoms with E-state index in [1.54, 1.807) is 37.8 Å². The van der Waals surface area contributed by atoms with Gasteiger partial charge < -0.3 is 20.3 Å². The first-order chi connectivity index (χ1) is 15.7. The normalized spacial score (nSPS) is 14.9. The Kier molecular flexibility index (Phi) is 8.16. The van der Waals surface area contributed by atoms with Crippen LogP contribution in [0.15, 0.2) is 48.5 Å². The van der Waals surface area contributed by atoms with Crippen molar-refractivity contribution in [3.63, 3.8) is 0 Å². The molecule has 0 aliphatic carbocycles. The van der Waals surface area contributed by atoms with Crippen molar-refractivity contribution in [1.29, 1.82) is 0 Å². The summed E-state index contributed by atoms with van der Waals surface area (Å²) in [4.78, 5) is 44.6. The lowest BCUT2D eigenvalue weighted by Crippen LogP contribution is -2.54. The molecule has 2 amide bonds. The van der Waals surface area contributed by atoms with Gasteiger partial charge in [0, 0.05) is 38.2 Å². The molecule has 1 aliphatic heterocycles. The lowest BCUT2D eigenvalue weighted by molar-refractivity contribution is -0.155. The van der Waals surface area contributed by atoms with Crippen LogP contribution >= 0.6 is 0 Å².